The lowest BCUT2D eigenvalue weighted by atomic mass is 9.77. The number of rotatable bonds is 3. The summed E-state index contributed by atoms with van der Waals surface area (Å²) in [5.74, 6) is 1.87. The van der Waals surface area contributed by atoms with Gasteiger partial charge in [0.1, 0.15) is 0 Å². The maximum absolute atomic E-state index is 2.46. The van der Waals surface area contributed by atoms with Crippen LogP contribution >= 0.6 is 0 Å². The summed E-state index contributed by atoms with van der Waals surface area (Å²) in [6, 6.07) is 0. The minimum absolute atomic E-state index is 0.509. The fourth-order valence-corrected chi connectivity index (χ4v) is 2.40. The standard InChI is InChI=1S/C15H28/c1-12-6-8-14(9-7-12)13(2)10-11-15(3,4)5/h6,13-14H,7-11H2,1-5H3. The number of hydrogen-bond donors (Lipinski definition) is 0. The first-order valence-electron chi connectivity index (χ1n) is 6.54. The predicted molar refractivity (Wildman–Crippen MR) is 69.0 cm³/mol. The van der Waals surface area contributed by atoms with Crippen molar-refractivity contribution in [2.45, 2.75) is 66.7 Å². The van der Waals surface area contributed by atoms with Crippen LogP contribution in [0, 0.1) is 17.3 Å². The SMILES string of the molecule is CC1=CCC(C(C)CCC(C)(C)C)CC1. The van der Waals surface area contributed by atoms with Crippen LogP contribution in [0.25, 0.3) is 0 Å². The van der Waals surface area contributed by atoms with Crippen molar-refractivity contribution in [2.75, 3.05) is 0 Å². The van der Waals surface area contributed by atoms with Crippen molar-refractivity contribution in [3.8, 4) is 0 Å². The van der Waals surface area contributed by atoms with Gasteiger partial charge in [-0.25, -0.2) is 0 Å². The molecule has 0 heteroatoms. The van der Waals surface area contributed by atoms with Gasteiger partial charge in [0.05, 0.1) is 0 Å². The molecule has 0 bridgehead atoms. The first-order valence-corrected chi connectivity index (χ1v) is 6.54. The molecule has 88 valence electrons. The smallest absolute Gasteiger partial charge is 0.0317 e. The summed E-state index contributed by atoms with van der Waals surface area (Å²) >= 11 is 0. The average molecular weight is 208 g/mol. The van der Waals surface area contributed by atoms with E-state index >= 15 is 0 Å². The normalized spacial score (nSPS) is 24.9. The lowest BCUT2D eigenvalue weighted by Gasteiger charge is -2.29. The minimum Gasteiger partial charge on any atom is -0.0853 e. The molecule has 0 nitrogen and oxygen atoms in total. The molecule has 0 aromatic rings. The Morgan fingerprint density at radius 1 is 1.40 bits per heavy atom. The van der Waals surface area contributed by atoms with E-state index in [-0.39, 0.29) is 0 Å². The van der Waals surface area contributed by atoms with Crippen LogP contribution < -0.4 is 0 Å². The Morgan fingerprint density at radius 3 is 2.53 bits per heavy atom. The molecule has 1 rings (SSSR count). The zero-order valence-corrected chi connectivity index (χ0v) is 11.3. The van der Waals surface area contributed by atoms with Crippen LogP contribution in [-0.4, -0.2) is 0 Å². The van der Waals surface area contributed by atoms with E-state index in [0.29, 0.717) is 5.41 Å². The molecule has 0 N–H and O–H groups in total. The molecule has 0 spiro atoms. The lowest BCUT2D eigenvalue weighted by Crippen LogP contribution is -2.16. The van der Waals surface area contributed by atoms with Gasteiger partial charge in [-0.1, -0.05) is 39.3 Å². The molecule has 1 aliphatic carbocycles. The van der Waals surface area contributed by atoms with E-state index in [2.05, 4.69) is 40.7 Å². The molecule has 0 aliphatic heterocycles. The fraction of sp³-hybridized carbons (Fsp3) is 0.867. The van der Waals surface area contributed by atoms with Gasteiger partial charge in [0, 0.05) is 0 Å². The maximum atomic E-state index is 2.46. The largest absolute Gasteiger partial charge is 0.0853 e. The van der Waals surface area contributed by atoms with Crippen molar-refractivity contribution in [1.29, 1.82) is 0 Å². The van der Waals surface area contributed by atoms with E-state index in [1.165, 1.54) is 32.1 Å². The van der Waals surface area contributed by atoms with E-state index in [1.807, 2.05) is 0 Å². The Bertz CT molecular complexity index is 217. The summed E-state index contributed by atoms with van der Waals surface area (Å²) in [7, 11) is 0. The van der Waals surface area contributed by atoms with Gasteiger partial charge in [0.25, 0.3) is 0 Å². The molecule has 0 radical (unpaired) electrons. The molecule has 0 fully saturated rings. The molecule has 0 aromatic heterocycles. The Kier molecular flexibility index (Phi) is 4.43. The molecular weight excluding hydrogens is 180 g/mol. The number of allylic oxidation sites excluding steroid dienone is 2. The minimum atomic E-state index is 0.509. The second kappa shape index (κ2) is 5.18. The van der Waals surface area contributed by atoms with Gasteiger partial charge in [-0.2, -0.15) is 0 Å². The lowest BCUT2D eigenvalue weighted by molar-refractivity contribution is 0.259. The quantitative estimate of drug-likeness (QED) is 0.559. The molecule has 2 unspecified atom stereocenters. The second-order valence-corrected chi connectivity index (χ2v) is 6.66. The van der Waals surface area contributed by atoms with Crippen molar-refractivity contribution in [3.63, 3.8) is 0 Å². The summed E-state index contributed by atoms with van der Waals surface area (Å²) in [5, 5.41) is 0. The van der Waals surface area contributed by atoms with Crippen LogP contribution in [0.4, 0.5) is 0 Å². The molecule has 0 heterocycles. The highest BCUT2D eigenvalue weighted by Crippen LogP contribution is 2.33. The van der Waals surface area contributed by atoms with Crippen molar-refractivity contribution in [2.24, 2.45) is 17.3 Å². The molecule has 0 saturated heterocycles. The van der Waals surface area contributed by atoms with Crippen LogP contribution in [0.3, 0.4) is 0 Å². The van der Waals surface area contributed by atoms with E-state index in [4.69, 9.17) is 0 Å². The van der Waals surface area contributed by atoms with Crippen molar-refractivity contribution < 1.29 is 0 Å². The number of hydrogen-bond acceptors (Lipinski definition) is 0. The van der Waals surface area contributed by atoms with E-state index < -0.39 is 0 Å². The summed E-state index contributed by atoms with van der Waals surface area (Å²) in [6.07, 6.45) is 9.32. The van der Waals surface area contributed by atoms with Crippen molar-refractivity contribution in [3.05, 3.63) is 11.6 Å². The predicted octanol–water partition coefficient (Wildman–Crippen LogP) is 5.20. The van der Waals surface area contributed by atoms with Crippen molar-refractivity contribution >= 4 is 0 Å². The van der Waals surface area contributed by atoms with Gasteiger partial charge in [0.15, 0.2) is 0 Å². The monoisotopic (exact) mass is 208 g/mol. The highest BCUT2D eigenvalue weighted by molar-refractivity contribution is 5.03. The summed E-state index contributed by atoms with van der Waals surface area (Å²) < 4.78 is 0. The Morgan fingerprint density at radius 2 is 2.07 bits per heavy atom. The molecule has 0 aromatic carbocycles. The summed E-state index contributed by atoms with van der Waals surface area (Å²) in [4.78, 5) is 0. The van der Waals surface area contributed by atoms with Crippen LogP contribution in [0.15, 0.2) is 11.6 Å². The topological polar surface area (TPSA) is 0 Å². The zero-order valence-electron chi connectivity index (χ0n) is 11.3. The van der Waals surface area contributed by atoms with Crippen LogP contribution in [0.1, 0.15) is 66.7 Å². The van der Waals surface area contributed by atoms with Gasteiger partial charge < -0.3 is 0 Å². The first-order chi connectivity index (χ1) is 6.88. The van der Waals surface area contributed by atoms with Crippen LogP contribution in [0.2, 0.25) is 0 Å². The molecule has 0 saturated carbocycles. The fourth-order valence-electron chi connectivity index (χ4n) is 2.40. The molecule has 0 amide bonds. The van der Waals surface area contributed by atoms with Gasteiger partial charge in [-0.3, -0.25) is 0 Å². The Hall–Kier alpha value is -0.260. The Balaban J connectivity index is 2.32. The highest BCUT2D eigenvalue weighted by atomic mass is 14.3. The van der Waals surface area contributed by atoms with Crippen LogP contribution in [0.5, 0.6) is 0 Å². The van der Waals surface area contributed by atoms with Gasteiger partial charge in [-0.05, 0) is 56.3 Å². The van der Waals surface area contributed by atoms with E-state index in [0.717, 1.165) is 11.8 Å². The third-order valence-corrected chi connectivity index (χ3v) is 3.83. The third-order valence-electron chi connectivity index (χ3n) is 3.83. The highest BCUT2D eigenvalue weighted by Gasteiger charge is 2.21. The second-order valence-electron chi connectivity index (χ2n) is 6.66. The summed E-state index contributed by atoms with van der Waals surface area (Å²) in [5.41, 5.74) is 2.11. The van der Waals surface area contributed by atoms with E-state index in [9.17, 15) is 0 Å². The van der Waals surface area contributed by atoms with Crippen molar-refractivity contribution in [1.82, 2.24) is 0 Å². The molecule has 1 aliphatic rings. The molecule has 15 heavy (non-hydrogen) atoms. The molecular formula is C15H28. The zero-order chi connectivity index (χ0) is 11.5. The maximum Gasteiger partial charge on any atom is -0.0317 e. The first kappa shape index (κ1) is 12.8. The van der Waals surface area contributed by atoms with Gasteiger partial charge in [-0.15, -0.1) is 0 Å². The average Bonchev–Trinajstić information content (AvgIpc) is 2.14. The van der Waals surface area contributed by atoms with Crippen LogP contribution in [-0.2, 0) is 0 Å². The van der Waals surface area contributed by atoms with E-state index in [1.54, 1.807) is 5.57 Å². The molecule has 2 atom stereocenters. The third kappa shape index (κ3) is 4.86. The van der Waals surface area contributed by atoms with Gasteiger partial charge in [0.2, 0.25) is 0 Å². The van der Waals surface area contributed by atoms with Gasteiger partial charge >= 0.3 is 0 Å². The summed E-state index contributed by atoms with van der Waals surface area (Å²) in [6.45, 7) is 11.8. The Labute approximate surface area is 96.2 Å².